The molecule has 1 saturated carbocycles. The molecule has 94 valence electrons. The molecule has 0 radical (unpaired) electrons. The summed E-state index contributed by atoms with van der Waals surface area (Å²) in [6.07, 6.45) is 2.59. The number of nitrogens with one attached hydrogen (secondary N) is 1. The summed E-state index contributed by atoms with van der Waals surface area (Å²) in [4.78, 5) is 0. The van der Waals surface area contributed by atoms with Gasteiger partial charge in [-0.15, -0.1) is 0 Å². The fraction of sp³-hybridized carbons (Fsp3) is 0.571. The third-order valence-corrected chi connectivity index (χ3v) is 3.99. The molecule has 1 aliphatic rings. The summed E-state index contributed by atoms with van der Waals surface area (Å²) < 4.78 is 13.5. The molecule has 17 heavy (non-hydrogen) atoms. The number of anilines is 1. The van der Waals surface area contributed by atoms with Crippen LogP contribution in [-0.4, -0.2) is 6.54 Å². The number of hydrogen-bond acceptors (Lipinski definition) is 2. The number of nitrogens with two attached hydrogens (primary N) is 1. The molecule has 1 aromatic carbocycles. The lowest BCUT2D eigenvalue weighted by atomic mass is 9.92. The maximum Gasteiger partial charge on any atom is 0.129 e. The normalized spacial score (nSPS) is 17.4. The molecule has 0 unspecified atom stereocenters. The van der Waals surface area contributed by atoms with Gasteiger partial charge in [0.1, 0.15) is 5.82 Å². The molecular formula is C14H21FN2. The van der Waals surface area contributed by atoms with Crippen LogP contribution in [0.4, 0.5) is 10.1 Å². The first-order chi connectivity index (χ1) is 8.03. The van der Waals surface area contributed by atoms with Gasteiger partial charge in [-0.2, -0.15) is 0 Å². The van der Waals surface area contributed by atoms with E-state index in [1.54, 1.807) is 12.1 Å². The highest BCUT2D eigenvalue weighted by molar-refractivity contribution is 5.40. The van der Waals surface area contributed by atoms with E-state index in [4.69, 9.17) is 5.73 Å². The maximum absolute atomic E-state index is 13.5. The Kier molecular flexibility index (Phi) is 3.38. The summed E-state index contributed by atoms with van der Waals surface area (Å²) in [6, 6.07) is 4.88. The number of hydrogen-bond donors (Lipinski definition) is 2. The summed E-state index contributed by atoms with van der Waals surface area (Å²) in [6.45, 7) is 6.09. The number of benzene rings is 1. The van der Waals surface area contributed by atoms with E-state index >= 15 is 0 Å². The summed E-state index contributed by atoms with van der Waals surface area (Å²) >= 11 is 0. The monoisotopic (exact) mass is 236 g/mol. The molecular weight excluding hydrogens is 215 g/mol. The lowest BCUT2D eigenvalue weighted by Crippen LogP contribution is -2.27. The quantitative estimate of drug-likeness (QED) is 0.771. The van der Waals surface area contributed by atoms with Crippen molar-refractivity contribution < 1.29 is 4.39 Å². The molecule has 0 atom stereocenters. The van der Waals surface area contributed by atoms with Crippen molar-refractivity contribution in [2.45, 2.75) is 33.2 Å². The second kappa shape index (κ2) is 4.65. The molecule has 0 spiro atoms. The zero-order valence-corrected chi connectivity index (χ0v) is 10.6. The van der Waals surface area contributed by atoms with Crippen LogP contribution in [0, 0.1) is 17.2 Å². The van der Waals surface area contributed by atoms with Crippen molar-refractivity contribution in [2.75, 3.05) is 12.3 Å². The largest absolute Gasteiger partial charge is 0.399 e. The van der Waals surface area contributed by atoms with Crippen LogP contribution in [0.25, 0.3) is 0 Å². The predicted octanol–water partition coefficient (Wildman–Crippen LogP) is 2.93. The van der Waals surface area contributed by atoms with Crippen molar-refractivity contribution in [1.82, 2.24) is 5.32 Å². The molecule has 0 heterocycles. The highest BCUT2D eigenvalue weighted by Gasteiger charge is 2.44. The van der Waals surface area contributed by atoms with E-state index in [2.05, 4.69) is 19.2 Å². The van der Waals surface area contributed by atoms with Crippen LogP contribution in [0.2, 0.25) is 0 Å². The molecule has 3 heteroatoms. The first-order valence-electron chi connectivity index (χ1n) is 6.28. The van der Waals surface area contributed by atoms with Gasteiger partial charge in [0, 0.05) is 24.3 Å². The molecule has 0 amide bonds. The van der Waals surface area contributed by atoms with Crippen molar-refractivity contribution in [1.29, 1.82) is 0 Å². The van der Waals surface area contributed by atoms with E-state index in [-0.39, 0.29) is 5.82 Å². The minimum atomic E-state index is -0.216. The van der Waals surface area contributed by atoms with Crippen LogP contribution in [0.5, 0.6) is 0 Å². The Labute approximate surface area is 102 Å². The van der Waals surface area contributed by atoms with Crippen molar-refractivity contribution >= 4 is 5.69 Å². The van der Waals surface area contributed by atoms with Gasteiger partial charge in [-0.3, -0.25) is 0 Å². The van der Waals surface area contributed by atoms with E-state index in [0.717, 1.165) is 6.54 Å². The Bertz CT molecular complexity index is 397. The second-order valence-electron chi connectivity index (χ2n) is 5.47. The summed E-state index contributed by atoms with van der Waals surface area (Å²) in [5.74, 6) is 0.484. The van der Waals surface area contributed by atoms with Crippen LogP contribution in [0.3, 0.4) is 0 Å². The number of halogens is 1. The smallest absolute Gasteiger partial charge is 0.129 e. The Morgan fingerprint density at radius 1 is 1.41 bits per heavy atom. The molecule has 0 aromatic heterocycles. The number of rotatable bonds is 5. The average molecular weight is 236 g/mol. The molecule has 0 bridgehead atoms. The van der Waals surface area contributed by atoms with Gasteiger partial charge < -0.3 is 11.1 Å². The van der Waals surface area contributed by atoms with Crippen LogP contribution in [0.15, 0.2) is 18.2 Å². The minimum Gasteiger partial charge on any atom is -0.399 e. The van der Waals surface area contributed by atoms with E-state index in [0.29, 0.717) is 29.1 Å². The van der Waals surface area contributed by atoms with E-state index < -0.39 is 0 Å². The van der Waals surface area contributed by atoms with E-state index in [1.165, 1.54) is 18.9 Å². The van der Waals surface area contributed by atoms with Crippen molar-refractivity contribution in [3.8, 4) is 0 Å². The van der Waals surface area contributed by atoms with Gasteiger partial charge in [0.2, 0.25) is 0 Å². The minimum absolute atomic E-state index is 0.216. The van der Waals surface area contributed by atoms with Gasteiger partial charge in [-0.05, 0) is 36.3 Å². The highest BCUT2D eigenvalue weighted by atomic mass is 19.1. The molecule has 2 nitrogen and oxygen atoms in total. The zero-order chi connectivity index (χ0) is 12.5. The van der Waals surface area contributed by atoms with E-state index in [1.807, 2.05) is 0 Å². The van der Waals surface area contributed by atoms with Gasteiger partial charge in [0.25, 0.3) is 0 Å². The standard InChI is InChI=1S/C14H21FN2/c1-10(2)14(5-6-14)9-17-8-11-3-4-12(16)7-13(11)15/h3-4,7,10,17H,5-6,8-9,16H2,1-2H3. The second-order valence-corrected chi connectivity index (χ2v) is 5.47. The van der Waals surface area contributed by atoms with Gasteiger partial charge in [-0.1, -0.05) is 19.9 Å². The van der Waals surface area contributed by atoms with E-state index in [9.17, 15) is 4.39 Å². The lowest BCUT2D eigenvalue weighted by molar-refractivity contribution is 0.337. The Morgan fingerprint density at radius 3 is 2.65 bits per heavy atom. The highest BCUT2D eigenvalue weighted by Crippen LogP contribution is 2.51. The third kappa shape index (κ3) is 2.78. The fourth-order valence-electron chi connectivity index (χ4n) is 2.27. The molecule has 3 N–H and O–H groups in total. The predicted molar refractivity (Wildman–Crippen MR) is 69.0 cm³/mol. The van der Waals surface area contributed by atoms with Crippen LogP contribution in [-0.2, 0) is 6.54 Å². The Balaban J connectivity index is 1.86. The van der Waals surface area contributed by atoms with Crippen LogP contribution < -0.4 is 11.1 Å². The number of nitrogen functional groups attached to an aromatic ring is 1. The lowest BCUT2D eigenvalue weighted by Gasteiger charge is -2.20. The molecule has 1 fully saturated rings. The first kappa shape index (κ1) is 12.4. The van der Waals surface area contributed by atoms with Gasteiger partial charge >= 0.3 is 0 Å². The Hall–Kier alpha value is -1.09. The first-order valence-corrected chi connectivity index (χ1v) is 6.28. The zero-order valence-electron chi connectivity index (χ0n) is 10.6. The van der Waals surface area contributed by atoms with Crippen LogP contribution in [0.1, 0.15) is 32.3 Å². The molecule has 2 rings (SSSR count). The average Bonchev–Trinajstić information content (AvgIpc) is 3.02. The van der Waals surface area contributed by atoms with Gasteiger partial charge in [-0.25, -0.2) is 4.39 Å². The third-order valence-electron chi connectivity index (χ3n) is 3.99. The molecule has 1 aliphatic carbocycles. The molecule has 0 aliphatic heterocycles. The van der Waals surface area contributed by atoms with Crippen LogP contribution >= 0.6 is 0 Å². The van der Waals surface area contributed by atoms with Crippen molar-refractivity contribution in [3.63, 3.8) is 0 Å². The fourth-order valence-corrected chi connectivity index (χ4v) is 2.27. The van der Waals surface area contributed by atoms with Crippen molar-refractivity contribution in [3.05, 3.63) is 29.6 Å². The topological polar surface area (TPSA) is 38.0 Å². The van der Waals surface area contributed by atoms with Gasteiger partial charge in [0.05, 0.1) is 0 Å². The van der Waals surface area contributed by atoms with Gasteiger partial charge in [0.15, 0.2) is 0 Å². The van der Waals surface area contributed by atoms with Crippen molar-refractivity contribution in [2.24, 2.45) is 11.3 Å². The summed E-state index contributed by atoms with van der Waals surface area (Å²) in [5.41, 5.74) is 7.15. The maximum atomic E-state index is 13.5. The summed E-state index contributed by atoms with van der Waals surface area (Å²) in [5, 5.41) is 3.37. The molecule has 1 aromatic rings. The molecule has 0 saturated heterocycles. The SMILES string of the molecule is CC(C)C1(CNCc2ccc(N)cc2F)CC1. The Morgan fingerprint density at radius 2 is 2.12 bits per heavy atom. The summed E-state index contributed by atoms with van der Waals surface area (Å²) in [7, 11) is 0.